The summed E-state index contributed by atoms with van der Waals surface area (Å²) in [4.78, 5) is 60.4. The normalized spacial score (nSPS) is 18.2. The maximum absolute atomic E-state index is 13.0. The highest BCUT2D eigenvalue weighted by atomic mass is 16.7. The fourth-order valence-electron chi connectivity index (χ4n) is 9.94. The summed E-state index contributed by atoms with van der Waals surface area (Å²) in [6.07, 6.45) is 4.81. The van der Waals surface area contributed by atoms with Gasteiger partial charge in [0.25, 0.3) is 17.7 Å². The van der Waals surface area contributed by atoms with Crippen LogP contribution in [0.5, 0.6) is 5.88 Å². The second-order valence-corrected chi connectivity index (χ2v) is 23.0. The number of nitrogens with zero attached hydrogens (tertiary/aromatic N) is 2. The number of anilines is 2. The SMILES string of the molecule is C.C1CCOC1.CC1(C)OB(c2ccc3c(c2)CC(=O)N3)OC1(C)C.CCN(CC)CCNC(=O)c1c(C)[nH]c(/C=C2\C(=O)Nc3ccc(B4OC(C)(C)C(C)(C)O4)cc32)c1C.CCN(CC)CCNC(=O)c1c(C)[nH]c(OC)c1C. The number of ether oxygens (including phenoxy) is 2. The Labute approximate surface area is 483 Å². The summed E-state index contributed by atoms with van der Waals surface area (Å²) in [6, 6.07) is 11.6. The van der Waals surface area contributed by atoms with Crippen LogP contribution in [0.25, 0.3) is 11.6 Å². The van der Waals surface area contributed by atoms with E-state index in [1.165, 1.54) is 12.8 Å². The number of hydrogen-bond acceptors (Lipinski definition) is 12. The minimum atomic E-state index is -0.520. The fraction of sp³-hybridized carbons (Fsp3) is 0.574. The molecule has 5 aliphatic heterocycles. The largest absolute Gasteiger partial charge is 0.494 e. The summed E-state index contributed by atoms with van der Waals surface area (Å²) in [5.41, 5.74) is 9.54. The Morgan fingerprint density at radius 2 is 1.11 bits per heavy atom. The van der Waals surface area contributed by atoms with E-state index >= 15 is 0 Å². The maximum Gasteiger partial charge on any atom is 0.494 e. The van der Waals surface area contributed by atoms with E-state index in [1.807, 2.05) is 126 Å². The molecule has 0 atom stereocenters. The van der Waals surface area contributed by atoms with Crippen LogP contribution in [0, 0.1) is 27.7 Å². The average Bonchev–Trinajstić information content (AvgIpc) is 4.30. The van der Waals surface area contributed by atoms with E-state index in [-0.39, 0.29) is 49.4 Å². The van der Waals surface area contributed by atoms with E-state index in [0.717, 1.165) is 114 Å². The molecule has 444 valence electrons. The van der Waals surface area contributed by atoms with Crippen LogP contribution in [0.15, 0.2) is 36.4 Å². The lowest BCUT2D eigenvalue weighted by atomic mass is 9.78. The van der Waals surface area contributed by atoms with Crippen molar-refractivity contribution < 1.29 is 47.3 Å². The van der Waals surface area contributed by atoms with Gasteiger partial charge in [-0.3, -0.25) is 19.2 Å². The van der Waals surface area contributed by atoms with Crippen LogP contribution < -0.4 is 36.9 Å². The van der Waals surface area contributed by atoms with Crippen molar-refractivity contribution in [1.29, 1.82) is 0 Å². The lowest BCUT2D eigenvalue weighted by Crippen LogP contribution is -2.41. The number of H-pyrrole nitrogens is 2. The number of carbonyl (C=O) groups excluding carboxylic acids is 4. The van der Waals surface area contributed by atoms with Crippen molar-refractivity contribution in [2.45, 2.75) is 160 Å². The zero-order valence-electron chi connectivity index (χ0n) is 50.9. The predicted octanol–water partition coefficient (Wildman–Crippen LogP) is 8.12. The first-order valence-electron chi connectivity index (χ1n) is 28.5. The van der Waals surface area contributed by atoms with Gasteiger partial charge in [0.15, 0.2) is 5.88 Å². The van der Waals surface area contributed by atoms with Crippen molar-refractivity contribution in [3.05, 3.63) is 86.9 Å². The first-order valence-corrected chi connectivity index (χ1v) is 28.5. The molecule has 3 fully saturated rings. The third-order valence-electron chi connectivity index (χ3n) is 16.5. The molecule has 9 rings (SSSR count). The van der Waals surface area contributed by atoms with Gasteiger partial charge in [0, 0.05) is 79.0 Å². The average molecular weight is 1120 g/mol. The Kier molecular flexibility index (Phi) is 22.9. The van der Waals surface area contributed by atoms with Crippen molar-refractivity contribution >= 4 is 71.8 Å². The van der Waals surface area contributed by atoms with Crippen LogP contribution in [0.2, 0.25) is 0 Å². The highest BCUT2D eigenvalue weighted by Crippen LogP contribution is 2.39. The van der Waals surface area contributed by atoms with Crippen LogP contribution in [0.3, 0.4) is 0 Å². The molecule has 81 heavy (non-hydrogen) atoms. The monoisotopic (exact) mass is 1120 g/mol. The minimum Gasteiger partial charge on any atom is -0.482 e. The molecule has 0 radical (unpaired) electrons. The standard InChI is InChI=1S/C28H39BN4O4.C14H18BNO3.C14H25N3O2.C4H8O.CH4/c1-9-33(10-2)14-13-30-26(35)24-17(3)23(31-18(24)4)16-21-20-15-19(11-12-22(20)32-25(21)34)29-36-27(5,6)28(7,8)37-29;1-13(2)14(3,4)19-15(18-13)10-5-6-11-9(7-10)8-12(17)16-11;1-6-17(7-2)9-8-15-13(18)12-10(3)14(19-5)16-11(12)4;1-2-4-5-3-1;/h11-12,15-16,31H,9-10,13-14H2,1-8H3,(H,30,35)(H,32,34);5-7H,8H2,1-4H3,(H,16,17);16H,6-9H2,1-5H3,(H,15,18);1-4H2;1H4/b21-16-;;;;. The number of benzene rings is 2. The maximum atomic E-state index is 13.0. The Hall–Kier alpha value is -5.73. The molecule has 0 bridgehead atoms. The van der Waals surface area contributed by atoms with Gasteiger partial charge in [-0.25, -0.2) is 0 Å². The molecule has 18 nitrogen and oxygen atoms in total. The summed E-state index contributed by atoms with van der Waals surface area (Å²) in [5.74, 6) is 0.370. The van der Waals surface area contributed by atoms with E-state index < -0.39 is 18.3 Å². The molecule has 2 aromatic heterocycles. The van der Waals surface area contributed by atoms with E-state index in [0.29, 0.717) is 42.1 Å². The first kappa shape index (κ1) is 66.1. The molecule has 3 saturated heterocycles. The third-order valence-corrected chi connectivity index (χ3v) is 16.5. The number of aromatic amines is 2. The number of carbonyl (C=O) groups is 4. The van der Waals surface area contributed by atoms with Gasteiger partial charge in [-0.05, 0) is 162 Å². The molecular weight excluding hydrogens is 1030 g/mol. The summed E-state index contributed by atoms with van der Waals surface area (Å²) >= 11 is 0. The van der Waals surface area contributed by atoms with E-state index in [2.05, 4.69) is 68.7 Å². The fourth-order valence-corrected chi connectivity index (χ4v) is 9.94. The van der Waals surface area contributed by atoms with Crippen molar-refractivity contribution in [1.82, 2.24) is 30.4 Å². The molecule has 0 aliphatic carbocycles. The molecule has 2 aromatic carbocycles. The Morgan fingerprint density at radius 3 is 1.56 bits per heavy atom. The number of nitrogens with one attached hydrogen (secondary N) is 6. The molecule has 0 unspecified atom stereocenters. The van der Waals surface area contributed by atoms with Gasteiger partial charge in [-0.15, -0.1) is 0 Å². The van der Waals surface area contributed by atoms with Crippen LogP contribution in [-0.2, 0) is 39.4 Å². The van der Waals surface area contributed by atoms with Gasteiger partial charge in [0.1, 0.15) is 0 Å². The summed E-state index contributed by atoms with van der Waals surface area (Å²) in [5, 5.41) is 11.8. The zero-order valence-corrected chi connectivity index (χ0v) is 50.9. The second-order valence-electron chi connectivity index (χ2n) is 23.0. The highest BCUT2D eigenvalue weighted by molar-refractivity contribution is 6.62. The number of aryl methyl sites for hydroxylation is 2. The smallest absolute Gasteiger partial charge is 0.482 e. The molecule has 6 N–H and O–H groups in total. The number of rotatable bonds is 16. The number of amides is 4. The topological polar surface area (TPSA) is 210 Å². The second kappa shape index (κ2) is 28.0. The summed E-state index contributed by atoms with van der Waals surface area (Å²) in [6.45, 7) is 41.1. The molecule has 0 spiro atoms. The van der Waals surface area contributed by atoms with Crippen LogP contribution in [0.4, 0.5) is 11.4 Å². The molecule has 4 amide bonds. The van der Waals surface area contributed by atoms with Gasteiger partial charge >= 0.3 is 14.2 Å². The quantitative estimate of drug-likeness (QED) is 0.0464. The lowest BCUT2D eigenvalue weighted by Gasteiger charge is -2.32. The van der Waals surface area contributed by atoms with Crippen LogP contribution in [-0.4, -0.2) is 153 Å². The Bertz CT molecular complexity index is 2820. The number of hydrogen-bond donors (Lipinski definition) is 6. The van der Waals surface area contributed by atoms with Gasteiger partial charge in [0.05, 0.1) is 52.6 Å². The van der Waals surface area contributed by atoms with Gasteiger partial charge in [0.2, 0.25) is 5.91 Å². The number of aromatic nitrogens is 2. The van der Waals surface area contributed by atoms with Crippen molar-refractivity contribution in [3.8, 4) is 5.88 Å². The van der Waals surface area contributed by atoms with Crippen LogP contribution in [0.1, 0.15) is 163 Å². The summed E-state index contributed by atoms with van der Waals surface area (Å²) < 4.78 is 34.6. The van der Waals surface area contributed by atoms with E-state index in [9.17, 15) is 19.2 Å². The third kappa shape index (κ3) is 15.7. The van der Waals surface area contributed by atoms with Crippen molar-refractivity contribution in [2.75, 3.05) is 83.3 Å². The van der Waals surface area contributed by atoms with E-state index in [1.54, 1.807) is 7.11 Å². The summed E-state index contributed by atoms with van der Waals surface area (Å²) in [7, 11) is 0.708. The number of fused-ring (bicyclic) bond motifs is 2. The minimum absolute atomic E-state index is 0. The Morgan fingerprint density at radius 1 is 0.654 bits per heavy atom. The van der Waals surface area contributed by atoms with Crippen molar-refractivity contribution in [3.63, 3.8) is 0 Å². The van der Waals surface area contributed by atoms with Gasteiger partial charge < -0.3 is 69.1 Å². The predicted molar refractivity (Wildman–Crippen MR) is 327 cm³/mol. The van der Waals surface area contributed by atoms with Gasteiger partial charge in [-0.1, -0.05) is 59.4 Å². The van der Waals surface area contributed by atoms with E-state index in [4.69, 9.17) is 28.1 Å². The number of likely N-dealkylation sites (N-methyl/N-ethyl adjacent to an activating group) is 2. The molecule has 0 saturated carbocycles. The zero-order chi connectivity index (χ0) is 58.9. The van der Waals surface area contributed by atoms with Crippen LogP contribution >= 0.6 is 0 Å². The van der Waals surface area contributed by atoms with Crippen molar-refractivity contribution in [2.24, 2.45) is 0 Å². The molecule has 5 aliphatic rings. The lowest BCUT2D eigenvalue weighted by molar-refractivity contribution is -0.115. The first-order chi connectivity index (χ1) is 37.7. The molecular formula is C61H94B2N8O10. The number of methoxy groups -OCH3 is 1. The molecule has 20 heteroatoms. The van der Waals surface area contributed by atoms with Gasteiger partial charge in [-0.2, -0.15) is 0 Å². The highest BCUT2D eigenvalue weighted by Gasteiger charge is 2.53. The molecule has 7 heterocycles. The Balaban J connectivity index is 0.000000230. The molecule has 4 aromatic rings.